The lowest BCUT2D eigenvalue weighted by Crippen LogP contribution is -2.34. The van der Waals surface area contributed by atoms with Gasteiger partial charge in [0.1, 0.15) is 0 Å². The molecule has 6 heteroatoms. The minimum atomic E-state index is 0.0966. The van der Waals surface area contributed by atoms with Crippen LogP contribution in [0.15, 0.2) is 0 Å². The van der Waals surface area contributed by atoms with Crippen molar-refractivity contribution in [2.75, 3.05) is 53.2 Å². The highest BCUT2D eigenvalue weighted by Crippen LogP contribution is 1.89. The number of carbonyl (C=O) groups is 1. The molecule has 0 aromatic heterocycles. The van der Waals surface area contributed by atoms with Crippen LogP contribution in [0.1, 0.15) is 26.7 Å². The van der Waals surface area contributed by atoms with Gasteiger partial charge in [0.25, 0.3) is 0 Å². The molecule has 1 unspecified atom stereocenters. The number of hydrogen-bond acceptors (Lipinski definition) is 5. The molecule has 20 heavy (non-hydrogen) atoms. The van der Waals surface area contributed by atoms with Crippen molar-refractivity contribution < 1.29 is 19.0 Å². The van der Waals surface area contributed by atoms with Gasteiger partial charge in [-0.25, -0.2) is 0 Å². The summed E-state index contributed by atoms with van der Waals surface area (Å²) in [5, 5.41) is 6.10. The molecule has 0 aromatic rings. The van der Waals surface area contributed by atoms with Crippen LogP contribution in [0.25, 0.3) is 0 Å². The SMILES string of the molecule is CCC(C)NC(=O)CCNCCOCCOCCOC. The number of methoxy groups -OCH3 is 1. The minimum Gasteiger partial charge on any atom is -0.382 e. The van der Waals surface area contributed by atoms with Gasteiger partial charge in [0.2, 0.25) is 5.91 Å². The van der Waals surface area contributed by atoms with Crippen molar-refractivity contribution in [3.63, 3.8) is 0 Å². The lowest BCUT2D eigenvalue weighted by Gasteiger charge is -2.11. The summed E-state index contributed by atoms with van der Waals surface area (Å²) in [6.07, 6.45) is 1.46. The molecule has 0 bridgehead atoms. The largest absolute Gasteiger partial charge is 0.382 e. The van der Waals surface area contributed by atoms with E-state index < -0.39 is 0 Å². The number of nitrogens with one attached hydrogen (secondary N) is 2. The maximum Gasteiger partial charge on any atom is 0.221 e. The predicted octanol–water partition coefficient (Wildman–Crippen LogP) is 0.560. The summed E-state index contributed by atoms with van der Waals surface area (Å²) in [6.45, 7) is 8.49. The highest BCUT2D eigenvalue weighted by atomic mass is 16.5. The van der Waals surface area contributed by atoms with Crippen molar-refractivity contribution >= 4 is 5.91 Å². The van der Waals surface area contributed by atoms with E-state index in [1.165, 1.54) is 0 Å². The fourth-order valence-corrected chi connectivity index (χ4v) is 1.38. The van der Waals surface area contributed by atoms with Gasteiger partial charge in [0.15, 0.2) is 0 Å². The van der Waals surface area contributed by atoms with E-state index >= 15 is 0 Å². The number of amides is 1. The third-order valence-corrected chi connectivity index (χ3v) is 2.78. The Labute approximate surface area is 122 Å². The smallest absolute Gasteiger partial charge is 0.221 e. The van der Waals surface area contributed by atoms with Gasteiger partial charge in [-0.3, -0.25) is 4.79 Å². The molecule has 0 heterocycles. The Balaban J connectivity index is 3.14. The molecule has 0 aliphatic rings. The van der Waals surface area contributed by atoms with Crippen LogP contribution in [0.3, 0.4) is 0 Å². The van der Waals surface area contributed by atoms with Crippen molar-refractivity contribution in [1.29, 1.82) is 0 Å². The first kappa shape index (κ1) is 19.3. The predicted molar refractivity (Wildman–Crippen MR) is 78.9 cm³/mol. The van der Waals surface area contributed by atoms with Crippen molar-refractivity contribution in [3.8, 4) is 0 Å². The Bertz CT molecular complexity index is 227. The van der Waals surface area contributed by atoms with Gasteiger partial charge in [-0.1, -0.05) is 6.92 Å². The van der Waals surface area contributed by atoms with E-state index in [9.17, 15) is 4.79 Å². The normalized spacial score (nSPS) is 12.3. The molecule has 0 aliphatic carbocycles. The van der Waals surface area contributed by atoms with E-state index in [1.807, 2.05) is 6.92 Å². The number of rotatable bonds is 14. The highest BCUT2D eigenvalue weighted by Gasteiger charge is 2.04. The number of hydrogen-bond donors (Lipinski definition) is 2. The quantitative estimate of drug-likeness (QED) is 0.458. The third kappa shape index (κ3) is 13.7. The van der Waals surface area contributed by atoms with Gasteiger partial charge < -0.3 is 24.8 Å². The van der Waals surface area contributed by atoms with Crippen molar-refractivity contribution in [2.45, 2.75) is 32.7 Å². The summed E-state index contributed by atoms with van der Waals surface area (Å²) in [5.74, 6) is 0.0966. The van der Waals surface area contributed by atoms with Gasteiger partial charge in [-0.15, -0.1) is 0 Å². The van der Waals surface area contributed by atoms with Crippen molar-refractivity contribution in [3.05, 3.63) is 0 Å². The van der Waals surface area contributed by atoms with Crippen LogP contribution >= 0.6 is 0 Å². The summed E-state index contributed by atoms with van der Waals surface area (Å²) in [6, 6.07) is 0.254. The highest BCUT2D eigenvalue weighted by molar-refractivity contribution is 5.76. The second kappa shape index (κ2) is 14.7. The Hall–Kier alpha value is -0.690. The van der Waals surface area contributed by atoms with E-state index in [0.29, 0.717) is 46.0 Å². The Morgan fingerprint density at radius 2 is 1.70 bits per heavy atom. The van der Waals surface area contributed by atoms with E-state index in [4.69, 9.17) is 14.2 Å². The van der Waals surface area contributed by atoms with Crippen LogP contribution in [0.2, 0.25) is 0 Å². The lowest BCUT2D eigenvalue weighted by atomic mass is 10.2. The first-order valence-corrected chi connectivity index (χ1v) is 7.35. The van der Waals surface area contributed by atoms with Crippen molar-refractivity contribution in [2.24, 2.45) is 0 Å². The second-order valence-corrected chi connectivity index (χ2v) is 4.59. The zero-order valence-electron chi connectivity index (χ0n) is 13.1. The fraction of sp³-hybridized carbons (Fsp3) is 0.929. The lowest BCUT2D eigenvalue weighted by molar-refractivity contribution is -0.121. The summed E-state index contributed by atoms with van der Waals surface area (Å²) in [7, 11) is 1.65. The van der Waals surface area contributed by atoms with Crippen LogP contribution in [0.5, 0.6) is 0 Å². The Morgan fingerprint density at radius 3 is 2.35 bits per heavy atom. The van der Waals surface area contributed by atoms with Crippen LogP contribution in [0.4, 0.5) is 0 Å². The molecule has 0 saturated heterocycles. The average Bonchev–Trinajstić information content (AvgIpc) is 2.44. The molecule has 0 radical (unpaired) electrons. The minimum absolute atomic E-state index is 0.0966. The molecule has 0 saturated carbocycles. The summed E-state index contributed by atoms with van der Waals surface area (Å²) < 4.78 is 15.5. The van der Waals surface area contributed by atoms with Crippen LogP contribution in [-0.2, 0) is 19.0 Å². The molecule has 0 rings (SSSR count). The maximum absolute atomic E-state index is 11.5. The van der Waals surface area contributed by atoms with Crippen molar-refractivity contribution in [1.82, 2.24) is 10.6 Å². The fourth-order valence-electron chi connectivity index (χ4n) is 1.38. The molecule has 0 aliphatic heterocycles. The van der Waals surface area contributed by atoms with Gasteiger partial charge in [-0.05, 0) is 13.3 Å². The summed E-state index contributed by atoms with van der Waals surface area (Å²) in [4.78, 5) is 11.5. The number of ether oxygens (including phenoxy) is 3. The zero-order chi connectivity index (χ0) is 15.1. The molecule has 1 amide bonds. The van der Waals surface area contributed by atoms with Crippen LogP contribution in [-0.4, -0.2) is 65.2 Å². The molecular weight excluding hydrogens is 260 g/mol. The number of carbonyl (C=O) groups excluding carboxylic acids is 1. The van der Waals surface area contributed by atoms with E-state index in [-0.39, 0.29) is 11.9 Å². The molecule has 1 atom stereocenters. The van der Waals surface area contributed by atoms with Gasteiger partial charge in [0, 0.05) is 32.7 Å². The van der Waals surface area contributed by atoms with Crippen LogP contribution < -0.4 is 10.6 Å². The molecule has 2 N–H and O–H groups in total. The third-order valence-electron chi connectivity index (χ3n) is 2.78. The molecular formula is C14H30N2O4. The Kier molecular flexibility index (Phi) is 14.2. The Morgan fingerprint density at radius 1 is 1.05 bits per heavy atom. The van der Waals surface area contributed by atoms with Gasteiger partial charge in [-0.2, -0.15) is 0 Å². The summed E-state index contributed by atoms with van der Waals surface area (Å²) >= 11 is 0. The summed E-state index contributed by atoms with van der Waals surface area (Å²) in [5.41, 5.74) is 0. The maximum atomic E-state index is 11.5. The van der Waals surface area contributed by atoms with E-state index in [2.05, 4.69) is 17.6 Å². The first-order valence-electron chi connectivity index (χ1n) is 7.35. The van der Waals surface area contributed by atoms with E-state index in [1.54, 1.807) is 7.11 Å². The topological polar surface area (TPSA) is 68.8 Å². The first-order chi connectivity index (χ1) is 9.70. The molecule has 0 spiro atoms. The molecule has 120 valence electrons. The second-order valence-electron chi connectivity index (χ2n) is 4.59. The van der Waals surface area contributed by atoms with Crippen LogP contribution in [0, 0.1) is 0 Å². The van der Waals surface area contributed by atoms with Gasteiger partial charge >= 0.3 is 0 Å². The molecule has 0 aromatic carbocycles. The van der Waals surface area contributed by atoms with Gasteiger partial charge in [0.05, 0.1) is 33.0 Å². The average molecular weight is 290 g/mol. The molecule has 0 fully saturated rings. The standard InChI is InChI=1S/C14H30N2O4/c1-4-13(2)16-14(17)5-6-15-7-8-19-11-12-20-10-9-18-3/h13,15H,4-12H2,1-3H3,(H,16,17). The zero-order valence-corrected chi connectivity index (χ0v) is 13.1. The molecule has 6 nitrogen and oxygen atoms in total. The monoisotopic (exact) mass is 290 g/mol. The van der Waals surface area contributed by atoms with E-state index in [0.717, 1.165) is 13.0 Å².